The lowest BCUT2D eigenvalue weighted by Crippen LogP contribution is -2.24. The Morgan fingerprint density at radius 1 is 1.18 bits per heavy atom. The van der Waals surface area contributed by atoms with E-state index in [1.54, 1.807) is 23.9 Å². The van der Waals surface area contributed by atoms with Crippen LogP contribution in [0.5, 0.6) is 0 Å². The number of oxime groups is 1. The zero-order chi connectivity index (χ0) is 24.7. The Bertz CT molecular complexity index is 983. The predicted octanol–water partition coefficient (Wildman–Crippen LogP) is 7.64. The molecule has 0 saturated heterocycles. The molecule has 4 nitrogen and oxygen atoms in total. The number of anilines is 1. The maximum atomic E-state index is 13.5. The minimum absolute atomic E-state index is 0.0348. The fourth-order valence-corrected chi connectivity index (χ4v) is 5.21. The van der Waals surface area contributed by atoms with Gasteiger partial charge in [0.05, 0.1) is 5.02 Å². The molecule has 0 aliphatic rings. The van der Waals surface area contributed by atoms with Crippen LogP contribution in [0.4, 0.5) is 18.9 Å². The van der Waals surface area contributed by atoms with Gasteiger partial charge in [-0.3, -0.25) is 4.79 Å². The number of nitrogens with zero attached hydrogens (tertiary/aromatic N) is 1. The van der Waals surface area contributed by atoms with Gasteiger partial charge < -0.3 is 10.5 Å². The third kappa shape index (κ3) is 7.40. The Kier molecular flexibility index (Phi) is 10.1. The molecule has 0 aliphatic carbocycles. The topological polar surface area (TPSA) is 61.7 Å². The average Bonchev–Trinajstić information content (AvgIpc) is 2.77. The molecule has 1 amide bonds. The number of hydrogen-bond acceptors (Lipinski definition) is 4. The molecular weight excluding hydrogens is 473 g/mol. The molecule has 0 bridgehead atoms. The fourth-order valence-electron chi connectivity index (χ4n) is 3.38. The lowest BCUT2D eigenvalue weighted by atomic mass is 9.87. The fraction of sp³-hybridized carbons (Fsp3) is 0.417. The molecule has 0 saturated carbocycles. The second-order valence-electron chi connectivity index (χ2n) is 8.23. The Labute approximate surface area is 201 Å². The van der Waals surface area contributed by atoms with E-state index >= 15 is 0 Å². The lowest BCUT2D eigenvalue weighted by molar-refractivity contribution is 0.102. The summed E-state index contributed by atoms with van der Waals surface area (Å²) in [6, 6.07) is 6.16. The summed E-state index contributed by atoms with van der Waals surface area (Å²) in [6.45, 7) is 8.43. The van der Waals surface area contributed by atoms with Gasteiger partial charge in [-0.2, -0.15) is 0 Å². The van der Waals surface area contributed by atoms with E-state index in [0.717, 1.165) is 25.0 Å². The SMILES string of the molecule is CC[C@H](C)C(C)C(CC(C)/C=N/O)Sc1cc(C(=O)Nc2cc(F)c(F)c(F)c2)ccc1Cl. The van der Waals surface area contributed by atoms with Crippen LogP contribution in [0.2, 0.25) is 5.02 Å². The van der Waals surface area contributed by atoms with Crippen LogP contribution in [0.25, 0.3) is 0 Å². The van der Waals surface area contributed by atoms with Crippen LogP contribution in [0.15, 0.2) is 40.4 Å². The van der Waals surface area contributed by atoms with Crippen LogP contribution in [-0.2, 0) is 0 Å². The summed E-state index contributed by atoms with van der Waals surface area (Å²) >= 11 is 7.96. The van der Waals surface area contributed by atoms with Crippen molar-refractivity contribution in [3.05, 3.63) is 58.4 Å². The van der Waals surface area contributed by atoms with Crippen molar-refractivity contribution in [1.29, 1.82) is 0 Å². The number of carbonyl (C=O) groups is 1. The third-order valence-corrected chi connectivity index (χ3v) is 7.72. The molecule has 0 fully saturated rings. The number of benzene rings is 2. The molecule has 0 spiro atoms. The van der Waals surface area contributed by atoms with Gasteiger partial charge in [-0.25, -0.2) is 13.2 Å². The lowest BCUT2D eigenvalue weighted by Gasteiger charge is -2.29. The zero-order valence-electron chi connectivity index (χ0n) is 18.9. The summed E-state index contributed by atoms with van der Waals surface area (Å²) in [4.78, 5) is 13.4. The number of carbonyl (C=O) groups excluding carboxylic acids is 1. The molecule has 2 aromatic rings. The van der Waals surface area contributed by atoms with Gasteiger partial charge in [-0.15, -0.1) is 16.9 Å². The second-order valence-corrected chi connectivity index (χ2v) is 9.92. The molecule has 180 valence electrons. The Morgan fingerprint density at radius 3 is 2.39 bits per heavy atom. The number of amides is 1. The smallest absolute Gasteiger partial charge is 0.255 e. The van der Waals surface area contributed by atoms with Crippen molar-refractivity contribution in [3.8, 4) is 0 Å². The van der Waals surface area contributed by atoms with Crippen LogP contribution >= 0.6 is 23.4 Å². The number of halogens is 4. The summed E-state index contributed by atoms with van der Waals surface area (Å²) < 4.78 is 40.1. The highest BCUT2D eigenvalue weighted by Crippen LogP contribution is 2.39. The zero-order valence-corrected chi connectivity index (χ0v) is 20.5. The van der Waals surface area contributed by atoms with Crippen LogP contribution < -0.4 is 5.32 Å². The molecular formula is C24H28ClF3N2O2S. The number of nitrogens with one attached hydrogen (secondary N) is 1. The summed E-state index contributed by atoms with van der Waals surface area (Å²) in [7, 11) is 0. The first-order valence-corrected chi connectivity index (χ1v) is 11.9. The molecule has 2 N–H and O–H groups in total. The first kappa shape index (κ1) is 27.1. The Balaban J connectivity index is 2.28. The maximum Gasteiger partial charge on any atom is 0.255 e. The number of rotatable bonds is 10. The Morgan fingerprint density at radius 2 is 1.82 bits per heavy atom. The largest absolute Gasteiger partial charge is 0.411 e. The number of hydrogen-bond donors (Lipinski definition) is 2. The molecule has 4 atom stereocenters. The van der Waals surface area contributed by atoms with Crippen LogP contribution in [0, 0.1) is 35.2 Å². The molecule has 9 heteroatoms. The van der Waals surface area contributed by atoms with E-state index in [1.807, 2.05) is 6.92 Å². The van der Waals surface area contributed by atoms with Crippen molar-refractivity contribution in [2.24, 2.45) is 22.9 Å². The average molecular weight is 501 g/mol. The molecule has 33 heavy (non-hydrogen) atoms. The normalized spacial score (nSPS) is 15.3. The summed E-state index contributed by atoms with van der Waals surface area (Å²) in [5.74, 6) is -4.19. The van der Waals surface area contributed by atoms with Crippen molar-refractivity contribution >= 4 is 41.2 Å². The standard InChI is InChI=1S/C24H28ClF3N2O2S/c1-5-14(3)15(4)21(8-13(2)12-29-32)33-22-9-16(6-7-18(22)25)24(31)30-17-10-19(26)23(28)20(27)11-17/h6-7,9-15,21,32H,5,8H2,1-4H3,(H,30,31)/b29-12+/t13?,14-,15?,21?/m0/s1. The molecule has 0 aliphatic heterocycles. The summed E-state index contributed by atoms with van der Waals surface area (Å²) in [5.41, 5.74) is 0.0490. The van der Waals surface area contributed by atoms with Gasteiger partial charge in [0.2, 0.25) is 0 Å². The maximum absolute atomic E-state index is 13.5. The van der Waals surface area contributed by atoms with Gasteiger partial charge in [0.25, 0.3) is 5.91 Å². The van der Waals surface area contributed by atoms with Crippen molar-refractivity contribution < 1.29 is 23.2 Å². The van der Waals surface area contributed by atoms with E-state index < -0.39 is 23.4 Å². The van der Waals surface area contributed by atoms with Gasteiger partial charge >= 0.3 is 0 Å². The van der Waals surface area contributed by atoms with Crippen molar-refractivity contribution in [1.82, 2.24) is 0 Å². The van der Waals surface area contributed by atoms with Crippen molar-refractivity contribution in [3.63, 3.8) is 0 Å². The molecule has 0 radical (unpaired) electrons. The van der Waals surface area contributed by atoms with Gasteiger partial charge in [-0.1, -0.05) is 45.7 Å². The van der Waals surface area contributed by atoms with E-state index in [9.17, 15) is 18.0 Å². The van der Waals surface area contributed by atoms with Crippen molar-refractivity contribution in [2.75, 3.05) is 5.32 Å². The van der Waals surface area contributed by atoms with E-state index in [-0.39, 0.29) is 22.4 Å². The molecule has 2 aromatic carbocycles. The van der Waals surface area contributed by atoms with Gasteiger partial charge in [0.1, 0.15) is 0 Å². The minimum Gasteiger partial charge on any atom is -0.411 e. The van der Waals surface area contributed by atoms with E-state index in [1.165, 1.54) is 12.3 Å². The van der Waals surface area contributed by atoms with Crippen molar-refractivity contribution in [2.45, 2.75) is 50.7 Å². The monoisotopic (exact) mass is 500 g/mol. The van der Waals surface area contributed by atoms with E-state index in [2.05, 4.69) is 31.2 Å². The first-order valence-electron chi connectivity index (χ1n) is 10.7. The highest BCUT2D eigenvalue weighted by atomic mass is 35.5. The minimum atomic E-state index is -1.60. The molecule has 0 heterocycles. The first-order chi connectivity index (χ1) is 15.6. The van der Waals surface area contributed by atoms with E-state index in [0.29, 0.717) is 21.8 Å². The molecule has 3 unspecified atom stereocenters. The number of thioether (sulfide) groups is 1. The highest BCUT2D eigenvalue weighted by molar-refractivity contribution is 8.00. The Hall–Kier alpha value is -2.19. The van der Waals surface area contributed by atoms with E-state index in [4.69, 9.17) is 16.8 Å². The van der Waals surface area contributed by atoms with Gasteiger partial charge in [0.15, 0.2) is 17.5 Å². The summed E-state index contributed by atoms with van der Waals surface area (Å²) in [6.07, 6.45) is 3.23. The summed E-state index contributed by atoms with van der Waals surface area (Å²) in [5, 5.41) is 15.0. The predicted molar refractivity (Wildman–Crippen MR) is 128 cm³/mol. The van der Waals surface area contributed by atoms with Gasteiger partial charge in [0, 0.05) is 39.7 Å². The second kappa shape index (κ2) is 12.3. The van der Waals surface area contributed by atoms with Crippen LogP contribution in [0.3, 0.4) is 0 Å². The quantitative estimate of drug-likeness (QED) is 0.116. The molecule has 0 aromatic heterocycles. The van der Waals surface area contributed by atoms with Gasteiger partial charge in [-0.05, 0) is 42.4 Å². The highest BCUT2D eigenvalue weighted by Gasteiger charge is 2.26. The van der Waals surface area contributed by atoms with Crippen LogP contribution in [-0.4, -0.2) is 22.6 Å². The third-order valence-electron chi connectivity index (χ3n) is 5.77. The van der Waals surface area contributed by atoms with Crippen LogP contribution in [0.1, 0.15) is 50.9 Å². The molecule has 2 rings (SSSR count).